The van der Waals surface area contributed by atoms with E-state index in [2.05, 4.69) is 5.32 Å². The van der Waals surface area contributed by atoms with Crippen molar-refractivity contribution in [2.75, 3.05) is 25.3 Å². The summed E-state index contributed by atoms with van der Waals surface area (Å²) in [5.41, 5.74) is 2.34. The third-order valence-electron chi connectivity index (χ3n) is 5.23. The number of carbonyl (C=O) groups is 2. The van der Waals surface area contributed by atoms with Crippen LogP contribution in [0.4, 0.5) is 5.69 Å². The fourth-order valence-electron chi connectivity index (χ4n) is 3.78. The molecule has 7 heteroatoms. The molecule has 33 heavy (non-hydrogen) atoms. The van der Waals surface area contributed by atoms with Gasteiger partial charge in [0.15, 0.2) is 11.5 Å². The van der Waals surface area contributed by atoms with Gasteiger partial charge < -0.3 is 19.5 Å². The summed E-state index contributed by atoms with van der Waals surface area (Å²) in [7, 11) is 0. The zero-order valence-corrected chi connectivity index (χ0v) is 18.4. The number of ether oxygens (including phenoxy) is 3. The lowest BCUT2D eigenvalue weighted by atomic mass is 10.0. The maximum atomic E-state index is 13.6. The normalized spacial score (nSPS) is 12.9. The molecular weight excluding hydrogens is 420 g/mol. The van der Waals surface area contributed by atoms with E-state index < -0.39 is 6.04 Å². The highest BCUT2D eigenvalue weighted by Crippen LogP contribution is 2.35. The van der Waals surface area contributed by atoms with Crippen LogP contribution in [0.15, 0.2) is 78.9 Å². The van der Waals surface area contributed by atoms with Crippen LogP contribution in [0.3, 0.4) is 0 Å². The molecule has 0 spiro atoms. The molecule has 1 heterocycles. The summed E-state index contributed by atoms with van der Waals surface area (Å²) in [4.78, 5) is 27.9. The first kappa shape index (κ1) is 22.4. The van der Waals surface area contributed by atoms with Gasteiger partial charge in [-0.25, -0.2) is 0 Å². The predicted molar refractivity (Wildman–Crippen MR) is 124 cm³/mol. The van der Waals surface area contributed by atoms with Crippen LogP contribution >= 0.6 is 0 Å². The van der Waals surface area contributed by atoms with Crippen LogP contribution in [-0.4, -0.2) is 36.7 Å². The van der Waals surface area contributed by atoms with Gasteiger partial charge in [0.1, 0.15) is 6.04 Å². The van der Waals surface area contributed by atoms with E-state index in [1.54, 1.807) is 25.1 Å². The summed E-state index contributed by atoms with van der Waals surface area (Å²) < 4.78 is 16.0. The van der Waals surface area contributed by atoms with Crippen LogP contribution in [0.2, 0.25) is 0 Å². The van der Waals surface area contributed by atoms with Crippen molar-refractivity contribution >= 4 is 17.6 Å². The fraction of sp³-hybridized carbons (Fsp3) is 0.231. The number of nitrogens with one attached hydrogen (secondary N) is 1. The monoisotopic (exact) mass is 446 g/mol. The molecule has 0 radical (unpaired) electrons. The summed E-state index contributed by atoms with van der Waals surface area (Å²) in [5.74, 6) is 0.572. The summed E-state index contributed by atoms with van der Waals surface area (Å²) in [6.07, 6.45) is 0. The molecule has 4 rings (SSSR count). The van der Waals surface area contributed by atoms with E-state index in [0.29, 0.717) is 23.7 Å². The molecule has 0 fully saturated rings. The highest BCUT2D eigenvalue weighted by atomic mass is 16.7. The zero-order chi connectivity index (χ0) is 23.0. The molecular formula is C26H26N2O5. The summed E-state index contributed by atoms with van der Waals surface area (Å²) in [6, 6.07) is 23.7. The summed E-state index contributed by atoms with van der Waals surface area (Å²) in [6.45, 7) is 2.56. The number of carbonyl (C=O) groups excluding carboxylic acids is 2. The third kappa shape index (κ3) is 5.70. The van der Waals surface area contributed by atoms with E-state index in [1.807, 2.05) is 65.6 Å². The van der Waals surface area contributed by atoms with Crippen LogP contribution < -0.4 is 14.8 Å². The molecule has 1 atom stereocenters. The van der Waals surface area contributed by atoms with Gasteiger partial charge in [0, 0.05) is 18.3 Å². The van der Waals surface area contributed by atoms with E-state index in [1.165, 1.54) is 0 Å². The highest BCUT2D eigenvalue weighted by molar-refractivity contribution is 5.96. The number of esters is 1. The van der Waals surface area contributed by atoms with Crippen LogP contribution in [0.5, 0.6) is 11.5 Å². The first-order valence-electron chi connectivity index (χ1n) is 10.8. The maximum absolute atomic E-state index is 13.6. The number of amides is 1. The molecule has 3 aromatic rings. The molecule has 170 valence electrons. The Morgan fingerprint density at radius 2 is 1.67 bits per heavy atom. The smallest absolute Gasteiger partial charge is 0.320 e. The first-order chi connectivity index (χ1) is 16.1. The summed E-state index contributed by atoms with van der Waals surface area (Å²) in [5, 5.41) is 2.97. The molecule has 3 aromatic carbocycles. The lowest BCUT2D eigenvalue weighted by Gasteiger charge is -2.30. The number of fused-ring (bicyclic) bond motifs is 1. The average Bonchev–Trinajstić information content (AvgIpc) is 3.29. The fourth-order valence-corrected chi connectivity index (χ4v) is 3.78. The van der Waals surface area contributed by atoms with Crippen molar-refractivity contribution in [3.05, 3.63) is 90.0 Å². The number of nitrogens with zero attached hydrogens (tertiary/aromatic N) is 1. The second-order valence-electron chi connectivity index (χ2n) is 7.57. The molecule has 1 aliphatic rings. The van der Waals surface area contributed by atoms with E-state index in [9.17, 15) is 9.59 Å². The number of benzene rings is 3. The largest absolute Gasteiger partial charge is 0.465 e. The van der Waals surface area contributed by atoms with E-state index in [4.69, 9.17) is 14.2 Å². The van der Waals surface area contributed by atoms with Crippen LogP contribution in [-0.2, 0) is 20.9 Å². The maximum Gasteiger partial charge on any atom is 0.320 e. The Morgan fingerprint density at radius 3 is 2.39 bits per heavy atom. The molecule has 7 nitrogen and oxygen atoms in total. The lowest BCUT2D eigenvalue weighted by Crippen LogP contribution is -2.40. The Hall–Kier alpha value is -3.84. The summed E-state index contributed by atoms with van der Waals surface area (Å²) >= 11 is 0. The molecule has 0 unspecified atom stereocenters. The molecule has 1 aliphatic heterocycles. The average molecular weight is 447 g/mol. The second-order valence-corrected chi connectivity index (χ2v) is 7.57. The zero-order valence-electron chi connectivity index (χ0n) is 18.4. The SMILES string of the molecule is CCOC(=O)CN(Cc1ccccc1)[C@H](C(=O)Nc1ccc2c(c1)OCO2)c1ccccc1. The molecule has 1 amide bonds. The minimum absolute atomic E-state index is 0.0309. The Kier molecular flexibility index (Phi) is 7.22. The van der Waals surface area contributed by atoms with Crippen molar-refractivity contribution in [2.45, 2.75) is 19.5 Å². The third-order valence-corrected chi connectivity index (χ3v) is 5.23. The van der Waals surface area contributed by atoms with Crippen molar-refractivity contribution in [1.82, 2.24) is 4.90 Å². The topological polar surface area (TPSA) is 77.1 Å². The number of hydrogen-bond donors (Lipinski definition) is 1. The molecule has 0 saturated carbocycles. The van der Waals surface area contributed by atoms with Crippen molar-refractivity contribution < 1.29 is 23.8 Å². The van der Waals surface area contributed by atoms with Crippen molar-refractivity contribution in [1.29, 1.82) is 0 Å². The van der Waals surface area contributed by atoms with Gasteiger partial charge in [-0.3, -0.25) is 14.5 Å². The predicted octanol–water partition coefficient (Wildman–Crippen LogP) is 4.16. The van der Waals surface area contributed by atoms with E-state index in [0.717, 1.165) is 11.1 Å². The minimum atomic E-state index is -0.721. The van der Waals surface area contributed by atoms with Gasteiger partial charge in [0.05, 0.1) is 13.2 Å². The lowest BCUT2D eigenvalue weighted by molar-refractivity contribution is -0.145. The number of anilines is 1. The van der Waals surface area contributed by atoms with Crippen LogP contribution in [0.25, 0.3) is 0 Å². The first-order valence-corrected chi connectivity index (χ1v) is 10.8. The van der Waals surface area contributed by atoms with Crippen molar-refractivity contribution in [2.24, 2.45) is 0 Å². The molecule has 1 N–H and O–H groups in total. The van der Waals surface area contributed by atoms with Gasteiger partial charge >= 0.3 is 5.97 Å². The van der Waals surface area contributed by atoms with Crippen molar-refractivity contribution in [3.63, 3.8) is 0 Å². The Balaban J connectivity index is 1.65. The molecule has 0 bridgehead atoms. The highest BCUT2D eigenvalue weighted by Gasteiger charge is 2.30. The quantitative estimate of drug-likeness (QED) is 0.498. The molecule has 0 saturated heterocycles. The molecule has 0 aliphatic carbocycles. The van der Waals surface area contributed by atoms with Gasteiger partial charge in [-0.2, -0.15) is 0 Å². The Bertz CT molecular complexity index is 1090. The van der Waals surface area contributed by atoms with Crippen molar-refractivity contribution in [3.8, 4) is 11.5 Å². The minimum Gasteiger partial charge on any atom is -0.465 e. The van der Waals surface area contributed by atoms with Crippen LogP contribution in [0, 0.1) is 0 Å². The Labute approximate surface area is 192 Å². The van der Waals surface area contributed by atoms with Gasteiger partial charge in [0.2, 0.25) is 12.7 Å². The van der Waals surface area contributed by atoms with E-state index >= 15 is 0 Å². The van der Waals surface area contributed by atoms with Crippen LogP contribution in [0.1, 0.15) is 24.1 Å². The van der Waals surface area contributed by atoms with E-state index in [-0.39, 0.29) is 31.8 Å². The van der Waals surface area contributed by atoms with Gasteiger partial charge in [0.25, 0.3) is 0 Å². The van der Waals surface area contributed by atoms with Gasteiger partial charge in [-0.05, 0) is 30.2 Å². The van der Waals surface area contributed by atoms with Gasteiger partial charge in [-0.15, -0.1) is 0 Å². The number of hydrogen-bond acceptors (Lipinski definition) is 6. The van der Waals surface area contributed by atoms with Gasteiger partial charge in [-0.1, -0.05) is 60.7 Å². The second kappa shape index (κ2) is 10.7. The Morgan fingerprint density at radius 1 is 0.970 bits per heavy atom. The standard InChI is InChI=1S/C26H26N2O5/c1-2-31-24(29)17-28(16-19-9-5-3-6-10-19)25(20-11-7-4-8-12-20)26(30)27-21-13-14-22-23(15-21)33-18-32-22/h3-15,25H,2,16-18H2,1H3,(H,27,30)/t25-/m0/s1. The number of rotatable bonds is 9. The molecule has 0 aromatic heterocycles.